The lowest BCUT2D eigenvalue weighted by Crippen LogP contribution is -2.31. The number of nitrogens with one attached hydrogen (secondary N) is 1. The van der Waals surface area contributed by atoms with Crippen LogP contribution >= 0.6 is 0 Å². The minimum absolute atomic E-state index is 0.191. The largest absolute Gasteiger partial charge is 0.376 e. The lowest BCUT2D eigenvalue weighted by atomic mass is 10.1. The molecule has 0 aromatic carbocycles. The summed E-state index contributed by atoms with van der Waals surface area (Å²) in [5.74, 6) is 0.191. The Morgan fingerprint density at radius 3 is 2.71 bits per heavy atom. The third kappa shape index (κ3) is 7.37. The van der Waals surface area contributed by atoms with Crippen molar-refractivity contribution < 1.29 is 9.53 Å². The summed E-state index contributed by atoms with van der Waals surface area (Å²) in [6, 6.07) is 0. The molecule has 0 radical (unpaired) electrons. The van der Waals surface area contributed by atoms with Crippen LogP contribution in [-0.2, 0) is 9.53 Å². The van der Waals surface area contributed by atoms with Gasteiger partial charge in [0.15, 0.2) is 0 Å². The van der Waals surface area contributed by atoms with E-state index in [-0.39, 0.29) is 12.0 Å². The molecular formula is C14H27NO2. The summed E-state index contributed by atoms with van der Waals surface area (Å²) in [4.78, 5) is 11.5. The molecule has 1 aliphatic heterocycles. The Kier molecular flexibility index (Phi) is 8.06. The smallest absolute Gasteiger partial charge is 0.220 e. The number of ether oxygens (including phenoxy) is 1. The lowest BCUT2D eigenvalue weighted by molar-refractivity contribution is -0.121. The maximum Gasteiger partial charge on any atom is 0.220 e. The fraction of sp³-hybridized carbons (Fsp3) is 0.929. The first-order valence-electron chi connectivity index (χ1n) is 7.21. The Hall–Kier alpha value is -0.570. The molecule has 17 heavy (non-hydrogen) atoms. The van der Waals surface area contributed by atoms with E-state index in [1.807, 2.05) is 0 Å². The van der Waals surface area contributed by atoms with Gasteiger partial charge in [-0.15, -0.1) is 0 Å². The van der Waals surface area contributed by atoms with Crippen molar-refractivity contribution in [1.29, 1.82) is 0 Å². The van der Waals surface area contributed by atoms with Crippen LogP contribution in [-0.4, -0.2) is 25.2 Å². The van der Waals surface area contributed by atoms with Gasteiger partial charge >= 0.3 is 0 Å². The lowest BCUT2D eigenvalue weighted by Gasteiger charge is -2.10. The minimum atomic E-state index is 0.191. The van der Waals surface area contributed by atoms with Gasteiger partial charge in [-0.3, -0.25) is 4.79 Å². The van der Waals surface area contributed by atoms with Crippen LogP contribution in [0.3, 0.4) is 0 Å². The molecule has 0 aromatic heterocycles. The number of unbranched alkanes of at least 4 members (excludes halogenated alkanes) is 5. The number of carbonyl (C=O) groups is 1. The molecule has 0 aromatic rings. The van der Waals surface area contributed by atoms with Crippen LogP contribution in [0.25, 0.3) is 0 Å². The Bertz CT molecular complexity index is 200. The fourth-order valence-electron chi connectivity index (χ4n) is 2.19. The van der Waals surface area contributed by atoms with Crippen molar-refractivity contribution in [3.8, 4) is 0 Å². The van der Waals surface area contributed by atoms with Gasteiger partial charge in [0.25, 0.3) is 0 Å². The van der Waals surface area contributed by atoms with Crippen molar-refractivity contribution in [3.05, 3.63) is 0 Å². The Morgan fingerprint density at radius 2 is 2.00 bits per heavy atom. The van der Waals surface area contributed by atoms with E-state index < -0.39 is 0 Å². The van der Waals surface area contributed by atoms with E-state index in [4.69, 9.17) is 4.74 Å². The molecule has 1 saturated heterocycles. The first-order chi connectivity index (χ1) is 8.33. The second-order valence-corrected chi connectivity index (χ2v) is 4.96. The SMILES string of the molecule is CCCCCCCCC(=O)NCC1CCCO1. The third-order valence-electron chi connectivity index (χ3n) is 3.31. The monoisotopic (exact) mass is 241 g/mol. The molecule has 3 heteroatoms. The molecule has 1 unspecified atom stereocenters. The zero-order valence-electron chi connectivity index (χ0n) is 11.2. The normalized spacial score (nSPS) is 19.5. The van der Waals surface area contributed by atoms with Gasteiger partial charge in [0.1, 0.15) is 0 Å². The predicted octanol–water partition coefficient (Wildman–Crippen LogP) is 3.03. The van der Waals surface area contributed by atoms with Crippen LogP contribution in [0.5, 0.6) is 0 Å². The standard InChI is InChI=1S/C14H27NO2/c1-2-3-4-5-6-7-10-14(16)15-12-13-9-8-11-17-13/h13H,2-12H2,1H3,(H,15,16). The molecule has 1 fully saturated rings. The van der Waals surface area contributed by atoms with Crippen molar-refractivity contribution in [2.45, 2.75) is 70.8 Å². The van der Waals surface area contributed by atoms with Gasteiger partial charge in [-0.25, -0.2) is 0 Å². The molecule has 0 bridgehead atoms. The Morgan fingerprint density at radius 1 is 1.24 bits per heavy atom. The second-order valence-electron chi connectivity index (χ2n) is 4.96. The third-order valence-corrected chi connectivity index (χ3v) is 3.31. The van der Waals surface area contributed by atoms with Crippen LogP contribution < -0.4 is 5.32 Å². The van der Waals surface area contributed by atoms with Crippen LogP contribution in [0.2, 0.25) is 0 Å². The van der Waals surface area contributed by atoms with E-state index in [2.05, 4.69) is 12.2 Å². The highest BCUT2D eigenvalue weighted by atomic mass is 16.5. The summed E-state index contributed by atoms with van der Waals surface area (Å²) in [5, 5.41) is 2.96. The number of hydrogen-bond acceptors (Lipinski definition) is 2. The van der Waals surface area contributed by atoms with Crippen LogP contribution in [0.4, 0.5) is 0 Å². The number of amides is 1. The molecule has 0 aliphatic carbocycles. The van der Waals surface area contributed by atoms with Crippen molar-refractivity contribution in [3.63, 3.8) is 0 Å². The van der Waals surface area contributed by atoms with Gasteiger partial charge in [0.2, 0.25) is 5.91 Å². The van der Waals surface area contributed by atoms with Crippen molar-refractivity contribution >= 4 is 5.91 Å². The van der Waals surface area contributed by atoms with Gasteiger partial charge in [0.05, 0.1) is 6.10 Å². The van der Waals surface area contributed by atoms with Crippen LogP contribution in [0.15, 0.2) is 0 Å². The Balaban J connectivity index is 1.87. The molecule has 100 valence electrons. The molecule has 1 atom stereocenters. The summed E-state index contributed by atoms with van der Waals surface area (Å²) in [5.41, 5.74) is 0. The van der Waals surface area contributed by atoms with Crippen LogP contribution in [0, 0.1) is 0 Å². The highest BCUT2D eigenvalue weighted by Gasteiger charge is 2.15. The maximum absolute atomic E-state index is 11.5. The van der Waals surface area contributed by atoms with E-state index in [1.165, 1.54) is 32.1 Å². The molecule has 1 rings (SSSR count). The zero-order valence-corrected chi connectivity index (χ0v) is 11.2. The molecule has 1 heterocycles. The zero-order chi connectivity index (χ0) is 12.3. The molecular weight excluding hydrogens is 214 g/mol. The quantitative estimate of drug-likeness (QED) is 0.630. The molecule has 1 aliphatic rings. The molecule has 3 nitrogen and oxygen atoms in total. The number of hydrogen-bond donors (Lipinski definition) is 1. The molecule has 0 saturated carbocycles. The summed E-state index contributed by atoms with van der Waals surface area (Å²) in [6.45, 7) is 3.78. The first kappa shape index (κ1) is 14.5. The average molecular weight is 241 g/mol. The molecule has 1 N–H and O–H groups in total. The fourth-order valence-corrected chi connectivity index (χ4v) is 2.19. The van der Waals surface area contributed by atoms with Gasteiger partial charge in [-0.2, -0.15) is 0 Å². The van der Waals surface area contributed by atoms with Crippen molar-refractivity contribution in [2.75, 3.05) is 13.2 Å². The molecule has 0 spiro atoms. The summed E-state index contributed by atoms with van der Waals surface area (Å²) in [6.07, 6.45) is 10.6. The average Bonchev–Trinajstić information content (AvgIpc) is 2.84. The highest BCUT2D eigenvalue weighted by Crippen LogP contribution is 2.11. The number of carbonyl (C=O) groups excluding carboxylic acids is 1. The maximum atomic E-state index is 11.5. The van der Waals surface area contributed by atoms with Crippen molar-refractivity contribution in [1.82, 2.24) is 5.32 Å². The van der Waals surface area contributed by atoms with E-state index >= 15 is 0 Å². The second kappa shape index (κ2) is 9.46. The van der Waals surface area contributed by atoms with E-state index in [1.54, 1.807) is 0 Å². The summed E-state index contributed by atoms with van der Waals surface area (Å²) < 4.78 is 5.46. The van der Waals surface area contributed by atoms with Gasteiger partial charge < -0.3 is 10.1 Å². The summed E-state index contributed by atoms with van der Waals surface area (Å²) >= 11 is 0. The van der Waals surface area contributed by atoms with E-state index in [0.717, 1.165) is 25.9 Å². The van der Waals surface area contributed by atoms with Gasteiger partial charge in [0, 0.05) is 19.6 Å². The highest BCUT2D eigenvalue weighted by molar-refractivity contribution is 5.75. The number of rotatable bonds is 9. The predicted molar refractivity (Wildman–Crippen MR) is 70.0 cm³/mol. The van der Waals surface area contributed by atoms with E-state index in [0.29, 0.717) is 13.0 Å². The van der Waals surface area contributed by atoms with Gasteiger partial charge in [-0.05, 0) is 19.3 Å². The Labute approximate surface area is 105 Å². The van der Waals surface area contributed by atoms with Crippen molar-refractivity contribution in [2.24, 2.45) is 0 Å². The summed E-state index contributed by atoms with van der Waals surface area (Å²) in [7, 11) is 0. The topological polar surface area (TPSA) is 38.3 Å². The van der Waals surface area contributed by atoms with E-state index in [9.17, 15) is 4.79 Å². The van der Waals surface area contributed by atoms with Crippen LogP contribution in [0.1, 0.15) is 64.7 Å². The minimum Gasteiger partial charge on any atom is -0.376 e. The molecule has 1 amide bonds. The first-order valence-corrected chi connectivity index (χ1v) is 7.21. The van der Waals surface area contributed by atoms with Gasteiger partial charge in [-0.1, -0.05) is 39.0 Å².